The van der Waals surface area contributed by atoms with Crippen LogP contribution in [0.25, 0.3) is 0 Å². The Balaban J connectivity index is 1.07. The van der Waals surface area contributed by atoms with E-state index in [2.05, 4.69) is 39.4 Å². The van der Waals surface area contributed by atoms with Gasteiger partial charge in [-0.2, -0.15) is 0 Å². The Morgan fingerprint density at radius 1 is 0.829 bits per heavy atom. The van der Waals surface area contributed by atoms with Gasteiger partial charge in [0.2, 0.25) is 17.7 Å². The summed E-state index contributed by atoms with van der Waals surface area (Å²) in [6.45, 7) is 5.08. The number of nitrogens with zero attached hydrogens (tertiary/aromatic N) is 3. The second kappa shape index (κ2) is 10.4. The molecule has 2 aromatic carbocycles. The SMILES string of the molecule is O=C(CCN1C(=O)[C@@H]2CC=CC[C@H]2C1=O)Nc1ccc(N2CCN(Cc3ccccc3)CC2)cc1. The van der Waals surface area contributed by atoms with Gasteiger partial charge < -0.3 is 10.2 Å². The standard InChI is InChI=1S/C28H32N4O3/c33-26(14-15-32-27(34)24-8-4-5-9-25(24)28(32)35)29-22-10-12-23(13-11-22)31-18-16-30(17-19-31)20-21-6-2-1-3-7-21/h1-7,10-13,24-25H,8-9,14-20H2,(H,29,33)/t24-,25-/m1/s1. The number of hydrogen-bond acceptors (Lipinski definition) is 5. The Bertz CT molecular complexity index is 1060. The molecule has 1 N–H and O–H groups in total. The highest BCUT2D eigenvalue weighted by atomic mass is 16.2. The van der Waals surface area contributed by atoms with Crippen molar-refractivity contribution in [2.45, 2.75) is 25.8 Å². The summed E-state index contributed by atoms with van der Waals surface area (Å²) in [5, 5.41) is 2.90. The van der Waals surface area contributed by atoms with Gasteiger partial charge in [-0.1, -0.05) is 42.5 Å². The third-order valence-electron chi connectivity index (χ3n) is 7.30. The van der Waals surface area contributed by atoms with Crippen molar-refractivity contribution in [3.05, 3.63) is 72.3 Å². The molecule has 2 aromatic rings. The lowest BCUT2D eigenvalue weighted by atomic mass is 9.85. The molecule has 0 spiro atoms. The molecule has 0 aromatic heterocycles. The molecule has 2 aliphatic heterocycles. The van der Waals surface area contributed by atoms with Gasteiger partial charge in [-0.3, -0.25) is 24.2 Å². The number of piperazine rings is 1. The van der Waals surface area contributed by atoms with Crippen LogP contribution in [-0.4, -0.2) is 60.2 Å². The fourth-order valence-electron chi connectivity index (χ4n) is 5.29. The zero-order chi connectivity index (χ0) is 24.2. The number of hydrogen-bond donors (Lipinski definition) is 1. The minimum absolute atomic E-state index is 0.107. The largest absolute Gasteiger partial charge is 0.369 e. The van der Waals surface area contributed by atoms with Gasteiger partial charge in [-0.25, -0.2) is 0 Å². The fraction of sp³-hybridized carbons (Fsp3) is 0.393. The van der Waals surface area contributed by atoms with E-state index in [1.165, 1.54) is 10.5 Å². The van der Waals surface area contributed by atoms with Gasteiger partial charge in [0, 0.05) is 57.1 Å². The molecule has 35 heavy (non-hydrogen) atoms. The van der Waals surface area contributed by atoms with E-state index in [9.17, 15) is 14.4 Å². The fourth-order valence-corrected chi connectivity index (χ4v) is 5.29. The van der Waals surface area contributed by atoms with Crippen LogP contribution >= 0.6 is 0 Å². The van der Waals surface area contributed by atoms with Crippen molar-refractivity contribution in [2.75, 3.05) is 42.9 Å². The molecule has 0 saturated carbocycles. The van der Waals surface area contributed by atoms with Crippen molar-refractivity contribution in [3.8, 4) is 0 Å². The molecule has 3 aliphatic rings. The predicted octanol–water partition coefficient (Wildman–Crippen LogP) is 3.29. The van der Waals surface area contributed by atoms with Crippen molar-refractivity contribution in [1.29, 1.82) is 0 Å². The monoisotopic (exact) mass is 472 g/mol. The number of nitrogens with one attached hydrogen (secondary N) is 1. The Labute approximate surface area is 206 Å². The normalized spacial score (nSPS) is 22.4. The Morgan fingerprint density at radius 2 is 1.46 bits per heavy atom. The number of carbonyl (C=O) groups excluding carboxylic acids is 3. The summed E-state index contributed by atoms with van der Waals surface area (Å²) >= 11 is 0. The first-order chi connectivity index (χ1) is 17.1. The number of fused-ring (bicyclic) bond motifs is 1. The molecule has 2 heterocycles. The van der Waals surface area contributed by atoms with Crippen molar-refractivity contribution in [2.24, 2.45) is 11.8 Å². The van der Waals surface area contributed by atoms with E-state index in [1.54, 1.807) is 0 Å². The van der Waals surface area contributed by atoms with Crippen LogP contribution < -0.4 is 10.2 Å². The average molecular weight is 473 g/mol. The van der Waals surface area contributed by atoms with E-state index in [0.717, 1.165) is 44.1 Å². The molecule has 2 atom stereocenters. The third kappa shape index (κ3) is 5.30. The minimum Gasteiger partial charge on any atom is -0.369 e. The van der Waals surface area contributed by atoms with Crippen LogP contribution in [0.2, 0.25) is 0 Å². The van der Waals surface area contributed by atoms with Crippen LogP contribution in [0.3, 0.4) is 0 Å². The van der Waals surface area contributed by atoms with Crippen LogP contribution in [0.15, 0.2) is 66.7 Å². The van der Waals surface area contributed by atoms with E-state index in [0.29, 0.717) is 12.8 Å². The number of anilines is 2. The van der Waals surface area contributed by atoms with E-state index in [-0.39, 0.29) is 42.5 Å². The van der Waals surface area contributed by atoms with E-state index < -0.39 is 0 Å². The maximum absolute atomic E-state index is 12.6. The van der Waals surface area contributed by atoms with Gasteiger partial charge in [-0.15, -0.1) is 0 Å². The maximum atomic E-state index is 12.6. The van der Waals surface area contributed by atoms with Crippen LogP contribution in [0.1, 0.15) is 24.8 Å². The highest BCUT2D eigenvalue weighted by Gasteiger charge is 2.46. The summed E-state index contributed by atoms with van der Waals surface area (Å²) in [6.07, 6.45) is 5.28. The van der Waals surface area contributed by atoms with Gasteiger partial charge in [-0.05, 0) is 42.7 Å². The van der Waals surface area contributed by atoms with Crippen molar-refractivity contribution < 1.29 is 14.4 Å². The number of carbonyl (C=O) groups is 3. The highest BCUT2D eigenvalue weighted by molar-refractivity contribution is 6.05. The molecular weight excluding hydrogens is 440 g/mol. The van der Waals surface area contributed by atoms with Crippen LogP contribution in [-0.2, 0) is 20.9 Å². The second-order valence-electron chi connectivity index (χ2n) is 9.58. The van der Waals surface area contributed by atoms with Gasteiger partial charge in [0.25, 0.3) is 0 Å². The Kier molecular flexibility index (Phi) is 6.95. The maximum Gasteiger partial charge on any atom is 0.233 e. The van der Waals surface area contributed by atoms with Crippen LogP contribution in [0, 0.1) is 11.8 Å². The molecule has 0 radical (unpaired) electrons. The first-order valence-corrected chi connectivity index (χ1v) is 12.5. The molecule has 182 valence electrons. The molecule has 7 nitrogen and oxygen atoms in total. The zero-order valence-electron chi connectivity index (χ0n) is 19.9. The minimum atomic E-state index is -0.247. The lowest BCUT2D eigenvalue weighted by Crippen LogP contribution is -2.45. The van der Waals surface area contributed by atoms with Crippen molar-refractivity contribution in [3.63, 3.8) is 0 Å². The third-order valence-corrected chi connectivity index (χ3v) is 7.30. The molecule has 3 amide bonds. The summed E-state index contributed by atoms with van der Waals surface area (Å²) in [6, 6.07) is 18.5. The van der Waals surface area contributed by atoms with Crippen LogP contribution in [0.4, 0.5) is 11.4 Å². The Morgan fingerprint density at radius 3 is 2.09 bits per heavy atom. The predicted molar refractivity (Wildman–Crippen MR) is 136 cm³/mol. The van der Waals surface area contributed by atoms with Gasteiger partial charge >= 0.3 is 0 Å². The topological polar surface area (TPSA) is 73.0 Å². The number of allylic oxidation sites excluding steroid dienone is 2. The smallest absolute Gasteiger partial charge is 0.233 e. The second-order valence-corrected chi connectivity index (χ2v) is 9.58. The molecule has 0 bridgehead atoms. The van der Waals surface area contributed by atoms with E-state index in [1.807, 2.05) is 42.5 Å². The highest BCUT2D eigenvalue weighted by Crippen LogP contribution is 2.35. The summed E-state index contributed by atoms with van der Waals surface area (Å²) in [5.41, 5.74) is 3.21. The molecule has 2 fully saturated rings. The number of imide groups is 1. The lowest BCUT2D eigenvalue weighted by Gasteiger charge is -2.36. The van der Waals surface area contributed by atoms with Crippen molar-refractivity contribution >= 4 is 29.1 Å². The van der Waals surface area contributed by atoms with E-state index >= 15 is 0 Å². The quantitative estimate of drug-likeness (QED) is 0.495. The number of benzene rings is 2. The molecular formula is C28H32N4O3. The summed E-state index contributed by atoms with van der Waals surface area (Å²) in [5.74, 6) is -0.955. The summed E-state index contributed by atoms with van der Waals surface area (Å²) < 4.78 is 0. The first kappa shape index (κ1) is 23.3. The number of amides is 3. The zero-order valence-corrected chi connectivity index (χ0v) is 19.9. The molecule has 0 unspecified atom stereocenters. The molecule has 2 saturated heterocycles. The summed E-state index contributed by atoms with van der Waals surface area (Å²) in [7, 11) is 0. The number of rotatable bonds is 7. The van der Waals surface area contributed by atoms with Gasteiger partial charge in [0.15, 0.2) is 0 Å². The lowest BCUT2D eigenvalue weighted by molar-refractivity contribution is -0.140. The first-order valence-electron chi connectivity index (χ1n) is 12.5. The van der Waals surface area contributed by atoms with Crippen molar-refractivity contribution in [1.82, 2.24) is 9.80 Å². The van der Waals surface area contributed by atoms with Gasteiger partial charge in [0.05, 0.1) is 11.8 Å². The molecule has 7 heteroatoms. The summed E-state index contributed by atoms with van der Waals surface area (Å²) in [4.78, 5) is 43.7. The Hall–Kier alpha value is -3.45. The van der Waals surface area contributed by atoms with Crippen LogP contribution in [0.5, 0.6) is 0 Å². The van der Waals surface area contributed by atoms with E-state index in [4.69, 9.17) is 0 Å². The molecule has 5 rings (SSSR count). The van der Waals surface area contributed by atoms with Gasteiger partial charge in [0.1, 0.15) is 0 Å². The number of likely N-dealkylation sites (tertiary alicyclic amines) is 1. The average Bonchev–Trinajstić information content (AvgIpc) is 3.14. The molecule has 1 aliphatic carbocycles.